The molecule has 0 aromatic carbocycles. The van der Waals surface area contributed by atoms with Crippen molar-refractivity contribution in [2.75, 3.05) is 6.26 Å². The van der Waals surface area contributed by atoms with Gasteiger partial charge in [-0.25, -0.2) is 4.79 Å². The summed E-state index contributed by atoms with van der Waals surface area (Å²) in [6.07, 6.45) is 5.35. The molecule has 1 aliphatic carbocycles. The summed E-state index contributed by atoms with van der Waals surface area (Å²) in [5.74, 6) is 0. The Morgan fingerprint density at radius 1 is 1.73 bits per heavy atom. The molecule has 0 aromatic heterocycles. The van der Waals surface area contributed by atoms with E-state index in [0.29, 0.717) is 0 Å². The number of nitriles is 1. The highest BCUT2D eigenvalue weighted by molar-refractivity contribution is 8.00. The Morgan fingerprint density at radius 2 is 2.36 bits per heavy atom. The van der Waals surface area contributed by atoms with Crippen LogP contribution in [0.3, 0.4) is 0 Å². The van der Waals surface area contributed by atoms with Crippen LogP contribution in [-0.2, 0) is 4.79 Å². The first-order valence-corrected chi connectivity index (χ1v) is 4.53. The molecule has 0 bridgehead atoms. The zero-order valence-electron chi connectivity index (χ0n) is 6.20. The van der Waals surface area contributed by atoms with Crippen molar-refractivity contribution in [3.05, 3.63) is 0 Å². The average Bonchev–Trinajstić information content (AvgIpc) is 2.81. The lowest BCUT2D eigenvalue weighted by Crippen LogP contribution is -2.20. The molecular formula is C7H8N2OS. The van der Waals surface area contributed by atoms with Gasteiger partial charge in [0.25, 0.3) is 0 Å². The van der Waals surface area contributed by atoms with Crippen molar-refractivity contribution in [2.45, 2.75) is 23.6 Å². The molecule has 58 valence electrons. The van der Waals surface area contributed by atoms with Crippen LogP contribution < -0.4 is 0 Å². The van der Waals surface area contributed by atoms with Crippen molar-refractivity contribution >= 4 is 17.8 Å². The minimum atomic E-state index is -0.491. The van der Waals surface area contributed by atoms with E-state index in [2.05, 4.69) is 4.99 Å². The van der Waals surface area contributed by atoms with Crippen molar-refractivity contribution < 1.29 is 4.79 Å². The zero-order valence-corrected chi connectivity index (χ0v) is 7.02. The minimum Gasteiger partial charge on any atom is -0.211 e. The first kappa shape index (κ1) is 8.32. The van der Waals surface area contributed by atoms with Gasteiger partial charge in [0.2, 0.25) is 6.08 Å². The van der Waals surface area contributed by atoms with E-state index in [4.69, 9.17) is 5.26 Å². The molecule has 0 aliphatic heterocycles. The Hall–Kier alpha value is -0.780. The van der Waals surface area contributed by atoms with Crippen molar-refractivity contribution in [1.29, 1.82) is 5.26 Å². The fourth-order valence-corrected chi connectivity index (χ4v) is 1.87. The fourth-order valence-electron chi connectivity index (χ4n) is 1.03. The summed E-state index contributed by atoms with van der Waals surface area (Å²) in [6.45, 7) is 0. The zero-order chi connectivity index (χ0) is 8.32. The number of aliphatic imine (C=N–C) groups is 1. The summed E-state index contributed by atoms with van der Waals surface area (Å²) in [5.41, 5.74) is 0. The van der Waals surface area contributed by atoms with E-state index in [9.17, 15) is 4.79 Å². The molecule has 11 heavy (non-hydrogen) atoms. The highest BCUT2D eigenvalue weighted by Gasteiger charge is 2.49. The van der Waals surface area contributed by atoms with E-state index >= 15 is 0 Å². The number of isocyanates is 1. The molecule has 0 radical (unpaired) electrons. The molecule has 1 saturated carbocycles. The molecule has 0 amide bonds. The lowest BCUT2D eigenvalue weighted by atomic mass is 10.2. The Balaban J connectivity index is 2.71. The van der Waals surface area contributed by atoms with Crippen LogP contribution >= 0.6 is 11.8 Å². The monoisotopic (exact) mass is 168 g/mol. The number of nitrogens with zero attached hydrogens (tertiary/aromatic N) is 2. The van der Waals surface area contributed by atoms with Crippen LogP contribution in [0.2, 0.25) is 0 Å². The van der Waals surface area contributed by atoms with E-state index in [-0.39, 0.29) is 4.75 Å². The van der Waals surface area contributed by atoms with Gasteiger partial charge in [-0.3, -0.25) is 0 Å². The maximum atomic E-state index is 9.91. The van der Waals surface area contributed by atoms with Crippen LogP contribution in [0.25, 0.3) is 0 Å². The molecule has 0 heterocycles. The predicted molar refractivity (Wildman–Crippen MR) is 43.0 cm³/mol. The molecule has 1 atom stereocenters. The molecule has 0 spiro atoms. The van der Waals surface area contributed by atoms with Crippen LogP contribution in [0.5, 0.6) is 0 Å². The standard InChI is InChI=1S/C7H8N2OS/c1-11-7(2-3-7)6(4-8)9-5-10/h6H,2-3H2,1H3. The molecule has 0 aromatic rings. The Kier molecular flexibility index (Phi) is 2.33. The Labute approximate surface area is 69.5 Å². The summed E-state index contributed by atoms with van der Waals surface area (Å²) >= 11 is 1.62. The third-order valence-corrected chi connectivity index (χ3v) is 3.40. The summed E-state index contributed by atoms with van der Waals surface area (Å²) in [6, 6.07) is 1.52. The van der Waals surface area contributed by atoms with Crippen LogP contribution in [0.4, 0.5) is 0 Å². The third-order valence-electron chi connectivity index (χ3n) is 1.95. The average molecular weight is 168 g/mol. The highest BCUT2D eigenvalue weighted by Crippen LogP contribution is 2.50. The smallest absolute Gasteiger partial charge is 0.211 e. The van der Waals surface area contributed by atoms with Gasteiger partial charge >= 0.3 is 0 Å². The van der Waals surface area contributed by atoms with E-state index < -0.39 is 6.04 Å². The quantitative estimate of drug-likeness (QED) is 0.468. The number of carbonyl (C=O) groups excluding carboxylic acids is 1. The highest BCUT2D eigenvalue weighted by atomic mass is 32.2. The van der Waals surface area contributed by atoms with E-state index in [1.165, 1.54) is 6.08 Å². The fraction of sp³-hybridized carbons (Fsp3) is 0.714. The van der Waals surface area contributed by atoms with E-state index in [0.717, 1.165) is 12.8 Å². The molecule has 1 aliphatic rings. The van der Waals surface area contributed by atoms with Gasteiger partial charge < -0.3 is 0 Å². The summed E-state index contributed by atoms with van der Waals surface area (Å²) in [7, 11) is 0. The maximum Gasteiger partial charge on any atom is 0.236 e. The number of hydrogen-bond acceptors (Lipinski definition) is 4. The second-order valence-corrected chi connectivity index (χ2v) is 3.74. The van der Waals surface area contributed by atoms with Gasteiger partial charge in [0.1, 0.15) is 0 Å². The van der Waals surface area contributed by atoms with E-state index in [1.807, 2.05) is 12.3 Å². The summed E-state index contributed by atoms with van der Waals surface area (Å²) in [4.78, 5) is 13.4. The number of hydrogen-bond donors (Lipinski definition) is 0. The van der Waals surface area contributed by atoms with E-state index in [1.54, 1.807) is 11.8 Å². The first-order valence-electron chi connectivity index (χ1n) is 3.31. The van der Waals surface area contributed by atoms with Crippen molar-refractivity contribution in [2.24, 2.45) is 4.99 Å². The molecule has 3 nitrogen and oxygen atoms in total. The summed E-state index contributed by atoms with van der Waals surface area (Å²) < 4.78 is -0.0633. The molecule has 1 rings (SSSR count). The van der Waals surface area contributed by atoms with Gasteiger partial charge in [0, 0.05) is 0 Å². The lowest BCUT2D eigenvalue weighted by Gasteiger charge is -2.11. The molecule has 1 unspecified atom stereocenters. The van der Waals surface area contributed by atoms with Gasteiger partial charge in [-0.05, 0) is 19.1 Å². The van der Waals surface area contributed by atoms with Crippen LogP contribution in [-0.4, -0.2) is 23.1 Å². The number of thioether (sulfide) groups is 1. The van der Waals surface area contributed by atoms with Gasteiger partial charge in [-0.1, -0.05) is 0 Å². The first-order chi connectivity index (χ1) is 5.29. The summed E-state index contributed by atoms with van der Waals surface area (Å²) in [5, 5.41) is 8.63. The number of rotatable bonds is 3. The second kappa shape index (κ2) is 3.08. The lowest BCUT2D eigenvalue weighted by molar-refractivity contribution is 0.559. The van der Waals surface area contributed by atoms with Crippen LogP contribution in [0.15, 0.2) is 4.99 Å². The van der Waals surface area contributed by atoms with Crippen molar-refractivity contribution in [1.82, 2.24) is 0 Å². The van der Waals surface area contributed by atoms with Crippen LogP contribution in [0, 0.1) is 11.3 Å². The van der Waals surface area contributed by atoms with Gasteiger partial charge in [-0.15, -0.1) is 0 Å². The minimum absolute atomic E-state index is 0.0633. The third kappa shape index (κ3) is 1.45. The van der Waals surface area contributed by atoms with Gasteiger partial charge in [0.15, 0.2) is 6.04 Å². The molecule has 0 N–H and O–H groups in total. The molecule has 0 saturated heterocycles. The normalized spacial score (nSPS) is 21.1. The van der Waals surface area contributed by atoms with Gasteiger partial charge in [-0.2, -0.15) is 22.0 Å². The maximum absolute atomic E-state index is 9.91. The van der Waals surface area contributed by atoms with Crippen molar-refractivity contribution in [3.8, 4) is 6.07 Å². The van der Waals surface area contributed by atoms with Crippen LogP contribution in [0.1, 0.15) is 12.8 Å². The second-order valence-electron chi connectivity index (χ2n) is 2.52. The predicted octanol–water partition coefficient (Wildman–Crippen LogP) is 1.11. The molecule has 4 heteroatoms. The van der Waals surface area contributed by atoms with Gasteiger partial charge in [0.05, 0.1) is 10.8 Å². The molecular weight excluding hydrogens is 160 g/mol. The largest absolute Gasteiger partial charge is 0.236 e. The Morgan fingerprint density at radius 3 is 2.64 bits per heavy atom. The SMILES string of the molecule is CSC1(C(C#N)N=C=O)CC1. The molecule has 1 fully saturated rings. The van der Waals surface area contributed by atoms with Crippen molar-refractivity contribution in [3.63, 3.8) is 0 Å². The topological polar surface area (TPSA) is 53.2 Å². The Bertz CT molecular complexity index is 235.